The SMILES string of the molecule is CN1C(=O)CC(Nc2ccc(Br)cc2OC(F)(F)F)C1=O. The fourth-order valence-corrected chi connectivity index (χ4v) is 2.22. The van der Waals surface area contributed by atoms with Crippen LogP contribution in [0.2, 0.25) is 0 Å². The minimum atomic E-state index is -4.86. The van der Waals surface area contributed by atoms with Crippen LogP contribution >= 0.6 is 15.9 Å². The number of hydrogen-bond acceptors (Lipinski definition) is 4. The number of amides is 2. The number of carbonyl (C=O) groups is 2. The summed E-state index contributed by atoms with van der Waals surface area (Å²) in [6.07, 6.45) is -4.97. The standard InChI is InChI=1S/C12H10BrF3N2O3/c1-18-10(19)5-8(11(18)20)17-7-3-2-6(13)4-9(7)21-12(14,15)16/h2-4,8,17H,5H2,1H3. The van der Waals surface area contributed by atoms with E-state index in [-0.39, 0.29) is 12.1 Å². The van der Waals surface area contributed by atoms with Crippen molar-refractivity contribution in [1.82, 2.24) is 4.90 Å². The van der Waals surface area contributed by atoms with Crippen molar-refractivity contribution in [3.05, 3.63) is 22.7 Å². The Morgan fingerprint density at radius 2 is 2.05 bits per heavy atom. The molecule has 1 N–H and O–H groups in total. The molecule has 9 heteroatoms. The second kappa shape index (κ2) is 5.55. The van der Waals surface area contributed by atoms with Crippen LogP contribution in [0.3, 0.4) is 0 Å². The van der Waals surface area contributed by atoms with Crippen molar-refractivity contribution in [2.75, 3.05) is 12.4 Å². The van der Waals surface area contributed by atoms with Gasteiger partial charge in [0.25, 0.3) is 5.91 Å². The van der Waals surface area contributed by atoms with Gasteiger partial charge in [0, 0.05) is 11.5 Å². The van der Waals surface area contributed by atoms with Crippen molar-refractivity contribution in [2.45, 2.75) is 18.8 Å². The van der Waals surface area contributed by atoms with Crippen molar-refractivity contribution in [3.63, 3.8) is 0 Å². The number of likely N-dealkylation sites (tertiary alicyclic amines) is 1. The minimum absolute atomic E-state index is 0.0167. The van der Waals surface area contributed by atoms with Gasteiger partial charge in [0.2, 0.25) is 5.91 Å². The zero-order valence-corrected chi connectivity index (χ0v) is 12.3. The van der Waals surface area contributed by atoms with Gasteiger partial charge in [-0.25, -0.2) is 0 Å². The normalized spacial score (nSPS) is 19.1. The number of nitrogens with one attached hydrogen (secondary N) is 1. The number of imide groups is 1. The zero-order chi connectivity index (χ0) is 15.8. The highest BCUT2D eigenvalue weighted by Gasteiger charge is 2.37. The Morgan fingerprint density at radius 1 is 1.38 bits per heavy atom. The third kappa shape index (κ3) is 3.66. The summed E-state index contributed by atoms with van der Waals surface area (Å²) in [7, 11) is 1.32. The Labute approximate surface area is 126 Å². The van der Waals surface area contributed by atoms with Crippen LogP contribution in [-0.4, -0.2) is 36.2 Å². The Morgan fingerprint density at radius 3 is 2.57 bits per heavy atom. The van der Waals surface area contributed by atoms with Crippen LogP contribution in [0.15, 0.2) is 22.7 Å². The van der Waals surface area contributed by atoms with E-state index in [0.29, 0.717) is 4.47 Å². The summed E-state index contributed by atoms with van der Waals surface area (Å²) in [6.45, 7) is 0. The van der Waals surface area contributed by atoms with E-state index in [1.165, 1.54) is 19.2 Å². The molecule has 1 atom stereocenters. The van der Waals surface area contributed by atoms with Gasteiger partial charge in [0.15, 0.2) is 5.75 Å². The highest BCUT2D eigenvalue weighted by Crippen LogP contribution is 2.34. The van der Waals surface area contributed by atoms with E-state index >= 15 is 0 Å². The summed E-state index contributed by atoms with van der Waals surface area (Å²) >= 11 is 3.04. The van der Waals surface area contributed by atoms with Gasteiger partial charge >= 0.3 is 6.36 Å². The predicted molar refractivity (Wildman–Crippen MR) is 70.6 cm³/mol. The fourth-order valence-electron chi connectivity index (χ4n) is 1.88. The average Bonchev–Trinajstić information content (AvgIpc) is 2.58. The first-order valence-electron chi connectivity index (χ1n) is 5.79. The number of rotatable bonds is 3. The fraction of sp³-hybridized carbons (Fsp3) is 0.333. The van der Waals surface area contributed by atoms with Gasteiger partial charge < -0.3 is 10.1 Å². The maximum Gasteiger partial charge on any atom is 0.573 e. The number of likely N-dealkylation sites (N-methyl/N-ethyl adjacent to an activating group) is 1. The van der Waals surface area contributed by atoms with Crippen LogP contribution in [0.1, 0.15) is 6.42 Å². The molecule has 1 unspecified atom stereocenters. The van der Waals surface area contributed by atoms with E-state index in [9.17, 15) is 22.8 Å². The Hall–Kier alpha value is -1.77. The largest absolute Gasteiger partial charge is 0.573 e. The van der Waals surface area contributed by atoms with E-state index < -0.39 is 30.0 Å². The minimum Gasteiger partial charge on any atom is -0.404 e. The molecule has 21 heavy (non-hydrogen) atoms. The van der Waals surface area contributed by atoms with Crippen molar-refractivity contribution < 1.29 is 27.5 Å². The summed E-state index contributed by atoms with van der Waals surface area (Å²) in [5.41, 5.74) is -0.0167. The third-order valence-corrected chi connectivity index (χ3v) is 3.37. The monoisotopic (exact) mass is 366 g/mol. The summed E-state index contributed by atoms with van der Waals surface area (Å²) < 4.78 is 41.4. The number of alkyl halides is 3. The Balaban J connectivity index is 2.24. The first kappa shape index (κ1) is 15.6. The molecule has 1 aromatic rings. The molecular formula is C12H10BrF3N2O3. The number of ether oxygens (including phenoxy) is 1. The lowest BCUT2D eigenvalue weighted by Crippen LogP contribution is -2.32. The van der Waals surface area contributed by atoms with Gasteiger partial charge in [-0.1, -0.05) is 15.9 Å². The van der Waals surface area contributed by atoms with Crippen LogP contribution in [0.25, 0.3) is 0 Å². The van der Waals surface area contributed by atoms with Crippen molar-refractivity contribution in [1.29, 1.82) is 0 Å². The van der Waals surface area contributed by atoms with Gasteiger partial charge in [-0.05, 0) is 18.2 Å². The molecule has 5 nitrogen and oxygen atoms in total. The molecule has 114 valence electrons. The molecule has 2 rings (SSSR count). The topological polar surface area (TPSA) is 58.6 Å². The molecule has 1 fully saturated rings. The molecule has 1 aliphatic heterocycles. The van der Waals surface area contributed by atoms with Gasteiger partial charge in [0.05, 0.1) is 12.1 Å². The lowest BCUT2D eigenvalue weighted by Gasteiger charge is -2.17. The van der Waals surface area contributed by atoms with Crippen LogP contribution in [-0.2, 0) is 9.59 Å². The molecule has 0 aromatic heterocycles. The molecule has 1 aromatic carbocycles. The van der Waals surface area contributed by atoms with Gasteiger partial charge in [0.1, 0.15) is 6.04 Å². The van der Waals surface area contributed by atoms with Crippen LogP contribution < -0.4 is 10.1 Å². The van der Waals surface area contributed by atoms with E-state index in [0.717, 1.165) is 11.0 Å². The average molecular weight is 367 g/mol. The smallest absolute Gasteiger partial charge is 0.404 e. The highest BCUT2D eigenvalue weighted by molar-refractivity contribution is 9.10. The molecule has 0 spiro atoms. The second-order valence-electron chi connectivity index (χ2n) is 4.38. The number of benzene rings is 1. The number of nitrogens with zero attached hydrogens (tertiary/aromatic N) is 1. The molecule has 2 amide bonds. The van der Waals surface area contributed by atoms with Crippen LogP contribution in [0.5, 0.6) is 5.75 Å². The van der Waals surface area contributed by atoms with Gasteiger partial charge in [-0.3, -0.25) is 14.5 Å². The van der Waals surface area contributed by atoms with Gasteiger partial charge in [-0.15, -0.1) is 13.2 Å². The summed E-state index contributed by atoms with van der Waals surface area (Å²) in [5.74, 6) is -1.37. The molecule has 0 saturated carbocycles. The summed E-state index contributed by atoms with van der Waals surface area (Å²) in [6, 6.07) is 3.05. The Bertz CT molecular complexity index is 592. The number of hydrogen-bond donors (Lipinski definition) is 1. The molecule has 0 bridgehead atoms. The number of anilines is 1. The lowest BCUT2D eigenvalue weighted by molar-refractivity contribution is -0.274. The molecule has 0 aliphatic carbocycles. The quantitative estimate of drug-likeness (QED) is 0.835. The maximum atomic E-state index is 12.4. The first-order valence-corrected chi connectivity index (χ1v) is 6.59. The Kier molecular flexibility index (Phi) is 4.13. The van der Waals surface area contributed by atoms with E-state index in [1.54, 1.807) is 0 Å². The van der Waals surface area contributed by atoms with Crippen molar-refractivity contribution >= 4 is 33.4 Å². The van der Waals surface area contributed by atoms with Crippen LogP contribution in [0, 0.1) is 0 Å². The van der Waals surface area contributed by atoms with Gasteiger partial charge in [-0.2, -0.15) is 0 Å². The molecule has 0 radical (unpaired) electrons. The molecular weight excluding hydrogens is 357 g/mol. The third-order valence-electron chi connectivity index (χ3n) is 2.88. The van der Waals surface area contributed by atoms with E-state index in [1.807, 2.05) is 0 Å². The predicted octanol–water partition coefficient (Wildman–Crippen LogP) is 2.52. The van der Waals surface area contributed by atoms with E-state index in [4.69, 9.17) is 0 Å². The number of halogens is 4. The molecule has 1 saturated heterocycles. The molecule has 1 heterocycles. The van der Waals surface area contributed by atoms with Crippen molar-refractivity contribution in [2.24, 2.45) is 0 Å². The van der Waals surface area contributed by atoms with Crippen molar-refractivity contribution in [3.8, 4) is 5.75 Å². The summed E-state index contributed by atoms with van der Waals surface area (Å²) in [4.78, 5) is 24.1. The second-order valence-corrected chi connectivity index (χ2v) is 5.30. The van der Waals surface area contributed by atoms with Crippen LogP contribution in [0.4, 0.5) is 18.9 Å². The van der Waals surface area contributed by atoms with E-state index in [2.05, 4.69) is 26.0 Å². The molecule has 1 aliphatic rings. The lowest BCUT2D eigenvalue weighted by atomic mass is 10.2. The maximum absolute atomic E-state index is 12.4. The summed E-state index contributed by atoms with van der Waals surface area (Å²) in [5, 5.41) is 2.61. The number of carbonyl (C=O) groups excluding carboxylic acids is 2. The highest BCUT2D eigenvalue weighted by atomic mass is 79.9. The first-order chi connectivity index (χ1) is 9.67. The zero-order valence-electron chi connectivity index (χ0n) is 10.7.